The van der Waals surface area contributed by atoms with Crippen molar-refractivity contribution in [3.8, 4) is 16.9 Å². The van der Waals surface area contributed by atoms with E-state index in [-0.39, 0.29) is 34.6 Å². The fraction of sp³-hybridized carbons (Fsp3) is 0.185. The maximum atomic E-state index is 15.4. The molecule has 1 aliphatic heterocycles. The average Bonchev–Trinajstić information content (AvgIpc) is 3.56. The summed E-state index contributed by atoms with van der Waals surface area (Å²) in [6.07, 6.45) is -0.150. The number of oxime groups is 1. The highest BCUT2D eigenvalue weighted by Crippen LogP contribution is 2.42. The smallest absolute Gasteiger partial charge is 0.260 e. The topological polar surface area (TPSA) is 63.8 Å². The van der Waals surface area contributed by atoms with Crippen molar-refractivity contribution in [2.75, 3.05) is 12.9 Å². The Morgan fingerprint density at radius 3 is 2.51 bits per heavy atom. The number of thioether (sulfide) groups is 1. The van der Waals surface area contributed by atoms with Gasteiger partial charge in [-0.25, -0.2) is 13.2 Å². The van der Waals surface area contributed by atoms with Crippen LogP contribution in [0.2, 0.25) is 0 Å². The van der Waals surface area contributed by atoms with Gasteiger partial charge in [0.2, 0.25) is 0 Å². The van der Waals surface area contributed by atoms with Crippen LogP contribution in [0.25, 0.3) is 11.1 Å². The molecule has 3 heterocycles. The SMILES string of the molecule is COc1cccc(-c2c(C)c(Cc3c(F)cccc3F)c3n(c2=O)C(/C(=N/O)c2ccsc2)CS3)c1F. The lowest BCUT2D eigenvalue weighted by atomic mass is 9.93. The normalized spacial score (nSPS) is 15.2. The first-order chi connectivity index (χ1) is 17.9. The van der Waals surface area contributed by atoms with Crippen LogP contribution in [0.5, 0.6) is 5.75 Å². The van der Waals surface area contributed by atoms with Crippen LogP contribution in [-0.4, -0.2) is 28.3 Å². The predicted octanol–water partition coefficient (Wildman–Crippen LogP) is 6.43. The number of hydrogen-bond donors (Lipinski definition) is 1. The number of benzene rings is 2. The number of ether oxygens (including phenoxy) is 1. The number of aromatic nitrogens is 1. The minimum Gasteiger partial charge on any atom is -0.494 e. The Morgan fingerprint density at radius 2 is 1.86 bits per heavy atom. The van der Waals surface area contributed by atoms with Crippen LogP contribution in [0.1, 0.15) is 28.3 Å². The van der Waals surface area contributed by atoms with Gasteiger partial charge in [0.05, 0.1) is 23.7 Å². The monoisotopic (exact) mass is 542 g/mol. The number of pyridine rings is 1. The highest BCUT2D eigenvalue weighted by atomic mass is 32.2. The summed E-state index contributed by atoms with van der Waals surface area (Å²) in [5.41, 5.74) is 1.26. The Labute approximate surface area is 218 Å². The molecule has 190 valence electrons. The minimum atomic E-state index is -0.718. The fourth-order valence-corrected chi connectivity index (χ4v) is 6.72. The van der Waals surface area contributed by atoms with E-state index < -0.39 is 29.1 Å². The first kappa shape index (κ1) is 25.2. The van der Waals surface area contributed by atoms with E-state index in [4.69, 9.17) is 4.74 Å². The number of halogens is 3. The largest absolute Gasteiger partial charge is 0.494 e. The van der Waals surface area contributed by atoms with Gasteiger partial charge in [0, 0.05) is 28.9 Å². The zero-order valence-electron chi connectivity index (χ0n) is 19.8. The molecule has 5 rings (SSSR count). The summed E-state index contributed by atoms with van der Waals surface area (Å²) in [4.78, 5) is 14.0. The first-order valence-corrected chi connectivity index (χ1v) is 13.2. The van der Waals surface area contributed by atoms with E-state index in [1.54, 1.807) is 24.4 Å². The van der Waals surface area contributed by atoms with Crippen LogP contribution in [0, 0.1) is 24.4 Å². The van der Waals surface area contributed by atoms with Crippen molar-refractivity contribution in [2.45, 2.75) is 24.4 Å². The first-order valence-electron chi connectivity index (χ1n) is 11.3. The molecule has 2 aromatic carbocycles. The molecule has 1 atom stereocenters. The Kier molecular flexibility index (Phi) is 6.87. The van der Waals surface area contributed by atoms with E-state index in [1.807, 2.05) is 5.38 Å². The van der Waals surface area contributed by atoms with E-state index in [9.17, 15) is 18.8 Å². The maximum absolute atomic E-state index is 15.4. The van der Waals surface area contributed by atoms with E-state index in [0.717, 1.165) is 0 Å². The third kappa shape index (κ3) is 4.23. The molecule has 2 aromatic heterocycles. The molecule has 10 heteroatoms. The van der Waals surface area contributed by atoms with Crippen LogP contribution in [0.4, 0.5) is 13.2 Å². The number of nitrogens with zero attached hydrogens (tertiary/aromatic N) is 2. The van der Waals surface area contributed by atoms with Crippen LogP contribution >= 0.6 is 23.1 Å². The summed E-state index contributed by atoms with van der Waals surface area (Å²) in [6.45, 7) is 1.65. The fourth-order valence-electron chi connectivity index (χ4n) is 4.70. The highest BCUT2D eigenvalue weighted by molar-refractivity contribution is 7.99. The van der Waals surface area contributed by atoms with Gasteiger partial charge < -0.3 is 9.94 Å². The number of fused-ring (bicyclic) bond motifs is 1. The Balaban J connectivity index is 1.80. The molecule has 0 aliphatic carbocycles. The van der Waals surface area contributed by atoms with Crippen LogP contribution in [-0.2, 0) is 6.42 Å². The third-order valence-corrected chi connectivity index (χ3v) is 8.42. The standard InChI is InChI=1S/C27H21F3N2O3S2/c1-14-17(11-18-19(28)6-4-7-20(18)29)27-32(21(13-37-27)25(31-34)15-9-10-36-12-15)26(33)23(14)16-5-3-8-22(35-2)24(16)30/h3-10,12,21,34H,11,13H2,1-2H3/b31-25+. The van der Waals surface area contributed by atoms with Crippen LogP contribution in [0.15, 0.2) is 68.2 Å². The van der Waals surface area contributed by atoms with Crippen molar-refractivity contribution >= 4 is 28.8 Å². The molecule has 5 nitrogen and oxygen atoms in total. The zero-order valence-corrected chi connectivity index (χ0v) is 21.4. The predicted molar refractivity (Wildman–Crippen MR) is 139 cm³/mol. The highest BCUT2D eigenvalue weighted by Gasteiger charge is 2.35. The molecule has 4 aromatic rings. The van der Waals surface area contributed by atoms with Crippen LogP contribution in [0.3, 0.4) is 0 Å². The van der Waals surface area contributed by atoms with E-state index in [0.29, 0.717) is 27.5 Å². The van der Waals surface area contributed by atoms with E-state index >= 15 is 4.39 Å². The van der Waals surface area contributed by atoms with Crippen molar-refractivity contribution in [3.05, 3.63) is 103 Å². The average molecular weight is 543 g/mol. The van der Waals surface area contributed by atoms with Crippen molar-refractivity contribution in [1.82, 2.24) is 4.57 Å². The molecule has 0 saturated heterocycles. The number of methoxy groups -OCH3 is 1. The minimum absolute atomic E-state index is 0.0149. The molecule has 0 bridgehead atoms. The van der Waals surface area contributed by atoms with Gasteiger partial charge in [-0.2, -0.15) is 11.3 Å². The molecule has 0 amide bonds. The van der Waals surface area contributed by atoms with Crippen molar-refractivity contribution in [1.29, 1.82) is 0 Å². The van der Waals surface area contributed by atoms with Gasteiger partial charge in [0.25, 0.3) is 5.56 Å². The molecule has 1 unspecified atom stereocenters. The van der Waals surface area contributed by atoms with Gasteiger partial charge in [-0.3, -0.25) is 9.36 Å². The Morgan fingerprint density at radius 1 is 1.14 bits per heavy atom. The second-order valence-corrected chi connectivity index (χ2v) is 10.3. The van der Waals surface area contributed by atoms with Crippen molar-refractivity contribution < 1.29 is 23.1 Å². The summed E-state index contributed by atoms with van der Waals surface area (Å²) in [7, 11) is 1.33. The lowest BCUT2D eigenvalue weighted by Gasteiger charge is -2.21. The molecule has 37 heavy (non-hydrogen) atoms. The van der Waals surface area contributed by atoms with E-state index in [2.05, 4.69) is 5.16 Å². The lowest BCUT2D eigenvalue weighted by Crippen LogP contribution is -2.32. The van der Waals surface area contributed by atoms with E-state index in [1.165, 1.54) is 65.1 Å². The van der Waals surface area contributed by atoms with Crippen LogP contribution < -0.4 is 10.3 Å². The summed E-state index contributed by atoms with van der Waals surface area (Å²) in [5, 5.41) is 17.5. The molecular weight excluding hydrogens is 521 g/mol. The van der Waals surface area contributed by atoms with Gasteiger partial charge in [-0.05, 0) is 53.1 Å². The summed E-state index contributed by atoms with van der Waals surface area (Å²) >= 11 is 2.74. The number of hydrogen-bond acceptors (Lipinski definition) is 6. The summed E-state index contributed by atoms with van der Waals surface area (Å²) in [6, 6.07) is 9.23. The summed E-state index contributed by atoms with van der Waals surface area (Å²) in [5.74, 6) is -1.83. The van der Waals surface area contributed by atoms with Gasteiger partial charge in [-0.15, -0.1) is 11.8 Å². The van der Waals surface area contributed by atoms with Crippen molar-refractivity contribution in [3.63, 3.8) is 0 Å². The Bertz CT molecular complexity index is 1560. The second-order valence-electron chi connectivity index (χ2n) is 8.48. The lowest BCUT2D eigenvalue weighted by molar-refractivity contribution is 0.315. The third-order valence-electron chi connectivity index (χ3n) is 6.53. The van der Waals surface area contributed by atoms with Gasteiger partial charge in [-0.1, -0.05) is 23.4 Å². The van der Waals surface area contributed by atoms with Gasteiger partial charge in [0.15, 0.2) is 11.6 Å². The Hall–Kier alpha value is -3.50. The second kappa shape index (κ2) is 10.1. The molecule has 1 N–H and O–H groups in total. The zero-order chi connectivity index (χ0) is 26.3. The molecule has 0 spiro atoms. The molecule has 1 aliphatic rings. The molecule has 0 fully saturated rings. The quantitative estimate of drug-likeness (QED) is 0.173. The number of thiophene rings is 1. The van der Waals surface area contributed by atoms with Gasteiger partial charge >= 0.3 is 0 Å². The molecule has 0 radical (unpaired) electrons. The van der Waals surface area contributed by atoms with Gasteiger partial charge in [0.1, 0.15) is 17.3 Å². The molecule has 0 saturated carbocycles. The summed E-state index contributed by atoms with van der Waals surface area (Å²) < 4.78 is 51.4. The van der Waals surface area contributed by atoms with Crippen molar-refractivity contribution in [2.24, 2.45) is 5.16 Å². The number of rotatable bonds is 6. The maximum Gasteiger partial charge on any atom is 0.260 e. The molecular formula is C27H21F3N2O3S2.